The van der Waals surface area contributed by atoms with Gasteiger partial charge >= 0.3 is 5.97 Å². The van der Waals surface area contributed by atoms with Gasteiger partial charge in [0.05, 0.1) is 4.90 Å². The lowest BCUT2D eigenvalue weighted by atomic mass is 10.1. The molecule has 1 fully saturated rings. The van der Waals surface area contributed by atoms with E-state index in [0.717, 1.165) is 10.4 Å². The lowest BCUT2D eigenvalue weighted by molar-refractivity contribution is -0.148. The maximum absolute atomic E-state index is 13.2. The molecule has 2 aromatic carbocycles. The number of Topliss-reactive ketones (excluding diaryl/α,β-unsaturated/α-hetero) is 1. The van der Waals surface area contributed by atoms with Crippen molar-refractivity contribution in [1.82, 2.24) is 4.31 Å². The average molecular weight is 405 g/mol. The molecule has 0 bridgehead atoms. The van der Waals surface area contributed by atoms with E-state index >= 15 is 0 Å². The molecule has 3 rings (SSSR count). The van der Waals surface area contributed by atoms with Crippen molar-refractivity contribution >= 4 is 21.8 Å². The molecule has 1 saturated heterocycles. The first-order valence-corrected chi connectivity index (χ1v) is 10.4. The molecular formula is C20H20FNO5S. The van der Waals surface area contributed by atoms with Gasteiger partial charge in [-0.2, -0.15) is 4.31 Å². The van der Waals surface area contributed by atoms with Crippen LogP contribution in [0, 0.1) is 5.82 Å². The Labute approximate surface area is 163 Å². The van der Waals surface area contributed by atoms with E-state index < -0.39 is 40.2 Å². The van der Waals surface area contributed by atoms with Crippen LogP contribution in [0.3, 0.4) is 0 Å². The molecule has 0 N–H and O–H groups in total. The first-order valence-electron chi connectivity index (χ1n) is 8.92. The van der Waals surface area contributed by atoms with Crippen LogP contribution in [0.4, 0.5) is 4.39 Å². The van der Waals surface area contributed by atoms with E-state index in [-0.39, 0.29) is 17.0 Å². The summed E-state index contributed by atoms with van der Waals surface area (Å²) in [6.45, 7) is -0.368. The van der Waals surface area contributed by atoms with Crippen LogP contribution in [0.25, 0.3) is 0 Å². The molecule has 1 aliphatic rings. The minimum atomic E-state index is -3.85. The van der Waals surface area contributed by atoms with Gasteiger partial charge in [0, 0.05) is 12.1 Å². The number of rotatable bonds is 6. The number of nitrogens with zero attached hydrogens (tertiary/aromatic N) is 1. The number of carbonyl (C=O) groups is 2. The number of esters is 1. The van der Waals surface area contributed by atoms with E-state index in [1.807, 2.05) is 0 Å². The van der Waals surface area contributed by atoms with Gasteiger partial charge in [0.1, 0.15) is 11.9 Å². The number of ether oxygens (including phenoxy) is 1. The molecule has 148 valence electrons. The lowest BCUT2D eigenvalue weighted by Gasteiger charge is -2.32. The lowest BCUT2D eigenvalue weighted by Crippen LogP contribution is -2.48. The van der Waals surface area contributed by atoms with E-state index in [0.29, 0.717) is 19.3 Å². The van der Waals surface area contributed by atoms with Crippen LogP contribution in [0.2, 0.25) is 0 Å². The molecule has 0 unspecified atom stereocenters. The predicted molar refractivity (Wildman–Crippen MR) is 99.7 cm³/mol. The molecule has 1 heterocycles. The predicted octanol–water partition coefficient (Wildman–Crippen LogP) is 2.80. The maximum atomic E-state index is 13.2. The highest BCUT2D eigenvalue weighted by Gasteiger charge is 2.38. The smallest absolute Gasteiger partial charge is 0.324 e. The molecule has 0 radical (unpaired) electrons. The Hall–Kier alpha value is -2.58. The van der Waals surface area contributed by atoms with Crippen LogP contribution < -0.4 is 0 Å². The Morgan fingerprint density at radius 2 is 1.82 bits per heavy atom. The van der Waals surface area contributed by atoms with Gasteiger partial charge in [-0.25, -0.2) is 12.8 Å². The van der Waals surface area contributed by atoms with Gasteiger partial charge in [-0.1, -0.05) is 30.3 Å². The average Bonchev–Trinajstić information content (AvgIpc) is 2.72. The highest BCUT2D eigenvalue weighted by atomic mass is 32.2. The van der Waals surface area contributed by atoms with Crippen LogP contribution in [-0.2, 0) is 19.6 Å². The number of halogens is 1. The SMILES string of the molecule is O=C(COC(=O)[C@H]1CCCCN1S(=O)(=O)c1ccccc1)c1cccc(F)c1. The monoisotopic (exact) mass is 405 g/mol. The molecule has 0 spiro atoms. The molecule has 8 heteroatoms. The molecule has 1 atom stereocenters. The Balaban J connectivity index is 1.71. The Kier molecular flexibility index (Phi) is 6.21. The first-order chi connectivity index (χ1) is 13.4. The normalized spacial score (nSPS) is 17.8. The fourth-order valence-electron chi connectivity index (χ4n) is 3.13. The van der Waals surface area contributed by atoms with Crippen molar-refractivity contribution in [2.45, 2.75) is 30.2 Å². The van der Waals surface area contributed by atoms with E-state index in [1.54, 1.807) is 18.2 Å². The van der Waals surface area contributed by atoms with E-state index in [1.165, 1.54) is 30.3 Å². The summed E-state index contributed by atoms with van der Waals surface area (Å²) >= 11 is 0. The number of hydrogen-bond donors (Lipinski definition) is 0. The molecule has 2 aromatic rings. The number of carbonyl (C=O) groups excluding carboxylic acids is 2. The number of ketones is 1. The minimum Gasteiger partial charge on any atom is -0.456 e. The standard InChI is InChI=1S/C20H20FNO5S/c21-16-8-6-7-15(13-16)19(23)14-27-20(24)18-11-4-5-12-22(18)28(25,26)17-9-2-1-3-10-17/h1-3,6-10,13,18H,4-5,11-12,14H2/t18-/m1/s1. The zero-order valence-electron chi connectivity index (χ0n) is 15.1. The van der Waals surface area contributed by atoms with E-state index in [9.17, 15) is 22.4 Å². The quantitative estimate of drug-likeness (QED) is 0.545. The third-order valence-electron chi connectivity index (χ3n) is 4.57. The fourth-order valence-corrected chi connectivity index (χ4v) is 4.80. The number of piperidine rings is 1. The van der Waals surface area contributed by atoms with E-state index in [4.69, 9.17) is 4.74 Å². The van der Waals surface area contributed by atoms with E-state index in [2.05, 4.69) is 0 Å². The molecular weight excluding hydrogens is 385 g/mol. The fraction of sp³-hybridized carbons (Fsp3) is 0.300. The highest BCUT2D eigenvalue weighted by Crippen LogP contribution is 2.26. The van der Waals surface area contributed by atoms with Crippen LogP contribution in [0.5, 0.6) is 0 Å². The van der Waals surface area contributed by atoms with Gasteiger partial charge in [0.25, 0.3) is 0 Å². The molecule has 6 nitrogen and oxygen atoms in total. The summed E-state index contributed by atoms with van der Waals surface area (Å²) in [5.41, 5.74) is 0.0882. The van der Waals surface area contributed by atoms with Crippen LogP contribution in [0.15, 0.2) is 59.5 Å². The van der Waals surface area contributed by atoms with Gasteiger partial charge in [-0.3, -0.25) is 9.59 Å². The summed E-state index contributed by atoms with van der Waals surface area (Å²) in [7, 11) is -3.85. The minimum absolute atomic E-state index is 0.0882. The second kappa shape index (κ2) is 8.62. The second-order valence-corrected chi connectivity index (χ2v) is 8.37. The van der Waals surface area contributed by atoms with Crippen molar-refractivity contribution in [3.05, 3.63) is 66.0 Å². The number of sulfonamides is 1. The summed E-state index contributed by atoms with van der Waals surface area (Å²) in [4.78, 5) is 24.7. The Morgan fingerprint density at radius 3 is 2.54 bits per heavy atom. The van der Waals surface area contributed by atoms with Crippen molar-refractivity contribution in [2.75, 3.05) is 13.2 Å². The van der Waals surface area contributed by atoms with Gasteiger partial charge in [-0.15, -0.1) is 0 Å². The molecule has 0 aliphatic carbocycles. The molecule has 0 amide bonds. The third kappa shape index (κ3) is 4.45. The number of hydrogen-bond acceptors (Lipinski definition) is 5. The maximum Gasteiger partial charge on any atom is 0.324 e. The van der Waals surface area contributed by atoms with Gasteiger partial charge in [0.2, 0.25) is 10.0 Å². The topological polar surface area (TPSA) is 80.8 Å². The summed E-state index contributed by atoms with van der Waals surface area (Å²) in [5, 5.41) is 0. The third-order valence-corrected chi connectivity index (χ3v) is 6.49. The van der Waals surface area contributed by atoms with Crippen molar-refractivity contribution in [1.29, 1.82) is 0 Å². The largest absolute Gasteiger partial charge is 0.456 e. The molecule has 28 heavy (non-hydrogen) atoms. The van der Waals surface area contributed by atoms with Gasteiger partial charge in [-0.05, 0) is 43.5 Å². The highest BCUT2D eigenvalue weighted by molar-refractivity contribution is 7.89. The zero-order valence-corrected chi connectivity index (χ0v) is 15.9. The summed E-state index contributed by atoms with van der Waals surface area (Å²) in [6.07, 6.45) is 1.63. The zero-order chi connectivity index (χ0) is 20.1. The molecule has 0 aromatic heterocycles. The second-order valence-electron chi connectivity index (χ2n) is 6.48. The van der Waals surface area contributed by atoms with Crippen molar-refractivity contribution in [3.8, 4) is 0 Å². The van der Waals surface area contributed by atoms with Crippen molar-refractivity contribution in [3.63, 3.8) is 0 Å². The first kappa shape index (κ1) is 20.2. The van der Waals surface area contributed by atoms with Crippen molar-refractivity contribution in [2.24, 2.45) is 0 Å². The van der Waals surface area contributed by atoms with Crippen LogP contribution in [-0.4, -0.2) is 43.7 Å². The van der Waals surface area contributed by atoms with Crippen LogP contribution >= 0.6 is 0 Å². The Bertz CT molecular complexity index is 962. The summed E-state index contributed by atoms with van der Waals surface area (Å²) in [5.74, 6) is -1.89. The Morgan fingerprint density at radius 1 is 1.07 bits per heavy atom. The molecule has 0 saturated carbocycles. The summed E-state index contributed by atoms with van der Waals surface area (Å²) in [6, 6.07) is 12.0. The molecule has 1 aliphatic heterocycles. The van der Waals surface area contributed by atoms with Crippen LogP contribution in [0.1, 0.15) is 29.6 Å². The van der Waals surface area contributed by atoms with Gasteiger partial charge in [0.15, 0.2) is 12.4 Å². The van der Waals surface area contributed by atoms with Crippen molar-refractivity contribution < 1.29 is 27.1 Å². The van der Waals surface area contributed by atoms with Gasteiger partial charge < -0.3 is 4.74 Å². The summed E-state index contributed by atoms with van der Waals surface area (Å²) < 4.78 is 45.3. The number of benzene rings is 2.